The topological polar surface area (TPSA) is 87.7 Å². The number of piperidine rings is 1. The Kier molecular flexibility index (Phi) is 5.11. The molecular weight excluding hydrogens is 474 g/mol. The second-order valence-corrected chi connectivity index (χ2v) is 10.3. The van der Waals surface area contributed by atoms with Gasteiger partial charge in [-0.25, -0.2) is 14.8 Å². The monoisotopic (exact) mass is 499 g/mol. The van der Waals surface area contributed by atoms with E-state index in [0.717, 1.165) is 25.9 Å². The smallest absolute Gasteiger partial charge is 0.416 e. The van der Waals surface area contributed by atoms with Gasteiger partial charge in [0.2, 0.25) is 0 Å². The van der Waals surface area contributed by atoms with Gasteiger partial charge in [0, 0.05) is 13.1 Å². The van der Waals surface area contributed by atoms with Crippen molar-refractivity contribution in [2.24, 2.45) is 5.41 Å². The molecule has 0 atom stereocenters. The molecule has 2 aromatic heterocycles. The van der Waals surface area contributed by atoms with Gasteiger partial charge in [0.1, 0.15) is 28.7 Å². The number of rotatable bonds is 4. The van der Waals surface area contributed by atoms with Crippen molar-refractivity contribution < 1.29 is 14.3 Å². The van der Waals surface area contributed by atoms with Crippen LogP contribution >= 0.6 is 15.9 Å². The summed E-state index contributed by atoms with van der Waals surface area (Å²) in [4.78, 5) is 38.5. The molecule has 0 unspecified atom stereocenters. The number of carbonyl (C=O) groups is 2. The summed E-state index contributed by atoms with van der Waals surface area (Å²) in [5.74, 6) is 1.27. The van der Waals surface area contributed by atoms with Gasteiger partial charge in [-0.3, -0.25) is 9.69 Å². The van der Waals surface area contributed by atoms with Crippen molar-refractivity contribution in [3.05, 3.63) is 40.5 Å². The lowest BCUT2D eigenvalue weighted by Gasteiger charge is -2.35. The Hall–Kier alpha value is -2.68. The van der Waals surface area contributed by atoms with Crippen molar-refractivity contribution in [1.29, 1.82) is 0 Å². The van der Waals surface area contributed by atoms with E-state index in [9.17, 15) is 9.59 Å². The molecule has 4 heterocycles. The predicted molar refractivity (Wildman–Crippen MR) is 125 cm³/mol. The third kappa shape index (κ3) is 3.94. The van der Waals surface area contributed by atoms with Gasteiger partial charge in [0.25, 0.3) is 5.91 Å². The number of hydrogen-bond acceptors (Lipinski definition) is 6. The number of halogens is 1. The van der Waals surface area contributed by atoms with Gasteiger partial charge in [0.15, 0.2) is 0 Å². The van der Waals surface area contributed by atoms with Crippen molar-refractivity contribution in [1.82, 2.24) is 9.97 Å². The van der Waals surface area contributed by atoms with Crippen LogP contribution in [0.5, 0.6) is 0 Å². The zero-order valence-electron chi connectivity index (χ0n) is 18.2. The Morgan fingerprint density at radius 3 is 2.47 bits per heavy atom. The van der Waals surface area contributed by atoms with Crippen LogP contribution in [-0.4, -0.2) is 47.2 Å². The minimum Gasteiger partial charge on any atom is -0.447 e. The maximum absolute atomic E-state index is 13.2. The molecule has 32 heavy (non-hydrogen) atoms. The average Bonchev–Trinajstić information content (AvgIpc) is 3.45. The number of pyridine rings is 2. The van der Waals surface area contributed by atoms with E-state index in [1.54, 1.807) is 29.2 Å². The lowest BCUT2D eigenvalue weighted by Crippen LogP contribution is -2.43. The van der Waals surface area contributed by atoms with Gasteiger partial charge in [0.05, 0.1) is 11.1 Å². The maximum atomic E-state index is 13.2. The summed E-state index contributed by atoms with van der Waals surface area (Å²) in [6, 6.07) is 8.82. The highest BCUT2D eigenvalue weighted by molar-refractivity contribution is 9.10. The predicted octanol–water partition coefficient (Wildman–Crippen LogP) is 4.61. The van der Waals surface area contributed by atoms with Crippen molar-refractivity contribution in [2.75, 3.05) is 34.8 Å². The van der Waals surface area contributed by atoms with E-state index in [-0.39, 0.29) is 5.91 Å². The summed E-state index contributed by atoms with van der Waals surface area (Å²) in [5.41, 5.74) is 0.454. The summed E-state index contributed by atoms with van der Waals surface area (Å²) in [7, 11) is 0. The van der Waals surface area contributed by atoms with Crippen LogP contribution in [0.4, 0.5) is 22.2 Å². The molecule has 2 aromatic rings. The first kappa shape index (κ1) is 21.2. The molecule has 0 radical (unpaired) electrons. The van der Waals surface area contributed by atoms with Crippen molar-refractivity contribution in [3.8, 4) is 0 Å². The number of carbonyl (C=O) groups excluding carboxylic acids is 2. The second-order valence-electron chi connectivity index (χ2n) is 9.53. The molecule has 2 aliphatic heterocycles. The zero-order valence-corrected chi connectivity index (χ0v) is 19.8. The lowest BCUT2D eigenvalue weighted by atomic mass is 9.93. The van der Waals surface area contributed by atoms with Crippen LogP contribution in [0.25, 0.3) is 0 Å². The third-order valence-corrected chi connectivity index (χ3v) is 7.15. The molecule has 9 heteroatoms. The van der Waals surface area contributed by atoms with Crippen LogP contribution in [0, 0.1) is 5.41 Å². The van der Waals surface area contributed by atoms with Crippen LogP contribution in [0.3, 0.4) is 0 Å². The highest BCUT2D eigenvalue weighted by Gasteiger charge is 2.45. The zero-order chi connectivity index (χ0) is 22.5. The van der Waals surface area contributed by atoms with E-state index in [4.69, 9.17) is 9.72 Å². The van der Waals surface area contributed by atoms with Gasteiger partial charge < -0.3 is 15.0 Å². The molecule has 168 valence electrons. The Bertz CT molecular complexity index is 1080. The number of nitrogens with one attached hydrogen (secondary N) is 1. The van der Waals surface area contributed by atoms with E-state index >= 15 is 0 Å². The number of cyclic esters (lactones) is 1. The van der Waals surface area contributed by atoms with E-state index in [0.29, 0.717) is 39.6 Å². The molecule has 1 aliphatic carbocycles. The second kappa shape index (κ2) is 7.72. The Labute approximate surface area is 195 Å². The molecule has 0 aromatic carbocycles. The maximum Gasteiger partial charge on any atom is 0.416 e. The molecule has 0 bridgehead atoms. The Balaban J connectivity index is 1.49. The quantitative estimate of drug-likeness (QED) is 0.618. The third-order valence-electron chi connectivity index (χ3n) is 6.71. The number of ether oxygens (including phenoxy) is 1. The minimum absolute atomic E-state index is 0.278. The average molecular weight is 500 g/mol. The Morgan fingerprint density at radius 1 is 1.09 bits per heavy atom. The molecule has 2 amide bonds. The fourth-order valence-electron chi connectivity index (χ4n) is 4.53. The summed E-state index contributed by atoms with van der Waals surface area (Å²) in [5, 5.41) is 2.87. The standard InChI is InChI=1S/C23H26BrN5O3/c1-22(2)14-32-21(31)29(22)18-7-6-15(20(30)26-17-5-3-4-16(24)25-17)19(27-18)28-12-10-23(8-9-23)11-13-28/h3-7H,8-14H2,1-2H3,(H,25,26,30). The van der Waals surface area contributed by atoms with E-state index < -0.39 is 11.6 Å². The van der Waals surface area contributed by atoms with Gasteiger partial charge in [-0.15, -0.1) is 0 Å². The van der Waals surface area contributed by atoms with Crippen LogP contribution in [-0.2, 0) is 4.74 Å². The van der Waals surface area contributed by atoms with Crippen LogP contribution in [0.2, 0.25) is 0 Å². The molecule has 1 N–H and O–H groups in total. The molecule has 1 spiro atoms. The largest absolute Gasteiger partial charge is 0.447 e. The number of aromatic nitrogens is 2. The molecule has 2 saturated heterocycles. The molecular formula is C23H26BrN5O3. The lowest BCUT2D eigenvalue weighted by molar-refractivity contribution is 0.102. The number of amides is 2. The molecule has 5 rings (SSSR count). The molecule has 3 aliphatic rings. The van der Waals surface area contributed by atoms with Gasteiger partial charge in [-0.05, 0) is 85.1 Å². The number of nitrogens with zero attached hydrogens (tertiary/aromatic N) is 4. The van der Waals surface area contributed by atoms with Crippen molar-refractivity contribution in [3.63, 3.8) is 0 Å². The van der Waals surface area contributed by atoms with E-state index in [1.165, 1.54) is 12.8 Å². The molecule has 1 saturated carbocycles. The number of hydrogen-bond donors (Lipinski definition) is 1. The van der Waals surface area contributed by atoms with Crippen LogP contribution in [0.1, 0.15) is 49.9 Å². The SMILES string of the molecule is CC1(C)COC(=O)N1c1ccc(C(=O)Nc2cccc(Br)n2)c(N2CCC3(CC2)CC3)n1. The summed E-state index contributed by atoms with van der Waals surface area (Å²) >= 11 is 3.33. The fourth-order valence-corrected chi connectivity index (χ4v) is 4.87. The summed E-state index contributed by atoms with van der Waals surface area (Å²) < 4.78 is 5.91. The van der Waals surface area contributed by atoms with Crippen molar-refractivity contribution in [2.45, 2.75) is 45.1 Å². The molecule has 3 fully saturated rings. The van der Waals surface area contributed by atoms with Crippen molar-refractivity contribution >= 4 is 45.4 Å². The van der Waals surface area contributed by atoms with Gasteiger partial charge in [-0.2, -0.15) is 0 Å². The van der Waals surface area contributed by atoms with E-state index in [1.807, 2.05) is 19.9 Å². The highest BCUT2D eigenvalue weighted by atomic mass is 79.9. The van der Waals surface area contributed by atoms with Crippen LogP contribution in [0.15, 0.2) is 34.9 Å². The Morgan fingerprint density at radius 2 is 1.84 bits per heavy atom. The summed E-state index contributed by atoms with van der Waals surface area (Å²) in [6.45, 7) is 5.87. The first-order valence-corrected chi connectivity index (χ1v) is 11.7. The van der Waals surface area contributed by atoms with Gasteiger partial charge >= 0.3 is 6.09 Å². The molecule has 8 nitrogen and oxygen atoms in total. The first-order valence-electron chi connectivity index (χ1n) is 10.9. The minimum atomic E-state index is -0.509. The number of anilines is 3. The first-order chi connectivity index (χ1) is 15.3. The van der Waals surface area contributed by atoms with Crippen LogP contribution < -0.4 is 15.1 Å². The summed E-state index contributed by atoms with van der Waals surface area (Å²) in [6.07, 6.45) is 4.38. The normalized spacial score (nSPS) is 20.9. The van der Waals surface area contributed by atoms with E-state index in [2.05, 4.69) is 31.1 Å². The fraction of sp³-hybridized carbons (Fsp3) is 0.478. The highest BCUT2D eigenvalue weighted by Crippen LogP contribution is 2.54. The van der Waals surface area contributed by atoms with Gasteiger partial charge in [-0.1, -0.05) is 6.07 Å².